The van der Waals surface area contributed by atoms with Crippen LogP contribution in [0.4, 0.5) is 8.78 Å². The highest BCUT2D eigenvalue weighted by Crippen LogP contribution is 2.45. The molecule has 0 unspecified atom stereocenters. The molecule has 22 heavy (non-hydrogen) atoms. The molecule has 124 valence electrons. The van der Waals surface area contributed by atoms with Crippen molar-refractivity contribution in [1.82, 2.24) is 0 Å². The van der Waals surface area contributed by atoms with Gasteiger partial charge in [0.15, 0.2) is 21.4 Å². The van der Waals surface area contributed by atoms with Crippen molar-refractivity contribution in [3.8, 4) is 5.75 Å². The number of nitrogens with two attached hydrogens (primary N) is 1. The standard InChI is InChI=1S/C15H21F2NO3S/c1-21-13-10(15(9-18)6-4-3-5-7-15)8-11(16)14(12(13)17)22(2,19)20/h8H,3-7,9,18H2,1-2H3. The number of halogens is 2. The second-order valence-corrected chi connectivity index (χ2v) is 7.85. The molecule has 7 heteroatoms. The van der Waals surface area contributed by atoms with Crippen molar-refractivity contribution >= 4 is 9.84 Å². The summed E-state index contributed by atoms with van der Waals surface area (Å²) in [6, 6.07) is 1.08. The Kier molecular flexibility index (Phi) is 4.77. The molecule has 2 rings (SSSR count). The smallest absolute Gasteiger partial charge is 0.186 e. The molecule has 1 aliphatic carbocycles. The minimum absolute atomic E-state index is 0.214. The third-order valence-corrected chi connectivity index (χ3v) is 5.59. The summed E-state index contributed by atoms with van der Waals surface area (Å²) in [5, 5.41) is 0. The SMILES string of the molecule is COc1c(C2(CN)CCCCC2)cc(F)c(S(C)(=O)=O)c1F. The highest BCUT2D eigenvalue weighted by molar-refractivity contribution is 7.90. The van der Waals surface area contributed by atoms with Gasteiger partial charge in [-0.3, -0.25) is 0 Å². The van der Waals surface area contributed by atoms with Gasteiger partial charge in [0, 0.05) is 23.8 Å². The summed E-state index contributed by atoms with van der Waals surface area (Å²) >= 11 is 0. The van der Waals surface area contributed by atoms with Crippen molar-refractivity contribution in [3.05, 3.63) is 23.3 Å². The zero-order chi connectivity index (χ0) is 16.5. The van der Waals surface area contributed by atoms with Crippen LogP contribution in [0.2, 0.25) is 0 Å². The molecule has 0 bridgehead atoms. The predicted molar refractivity (Wildman–Crippen MR) is 79.8 cm³/mol. The van der Waals surface area contributed by atoms with Crippen LogP contribution in [0.3, 0.4) is 0 Å². The average Bonchev–Trinajstić information content (AvgIpc) is 2.46. The van der Waals surface area contributed by atoms with E-state index in [0.29, 0.717) is 18.4 Å². The first kappa shape index (κ1) is 17.1. The Morgan fingerprint density at radius 2 is 1.86 bits per heavy atom. The summed E-state index contributed by atoms with van der Waals surface area (Å²) in [5.41, 5.74) is 5.66. The normalized spacial score (nSPS) is 18.2. The Hall–Kier alpha value is -1.21. The largest absolute Gasteiger partial charge is 0.493 e. The predicted octanol–water partition coefficient (Wildman–Crippen LogP) is 2.54. The van der Waals surface area contributed by atoms with Gasteiger partial charge in [0.1, 0.15) is 10.7 Å². The van der Waals surface area contributed by atoms with E-state index in [1.54, 1.807) is 0 Å². The molecule has 0 saturated heterocycles. The van der Waals surface area contributed by atoms with E-state index in [-0.39, 0.29) is 12.3 Å². The molecule has 0 aliphatic heterocycles. The lowest BCUT2D eigenvalue weighted by atomic mass is 9.69. The molecule has 0 atom stereocenters. The van der Waals surface area contributed by atoms with Crippen LogP contribution >= 0.6 is 0 Å². The number of hydrogen-bond acceptors (Lipinski definition) is 4. The van der Waals surface area contributed by atoms with Gasteiger partial charge in [-0.05, 0) is 18.9 Å². The first-order valence-corrected chi connectivity index (χ1v) is 9.12. The maximum atomic E-state index is 14.6. The Labute approximate surface area is 129 Å². The van der Waals surface area contributed by atoms with Gasteiger partial charge in [0.2, 0.25) is 0 Å². The third-order valence-electron chi connectivity index (χ3n) is 4.48. The lowest BCUT2D eigenvalue weighted by Gasteiger charge is -2.37. The molecule has 4 nitrogen and oxygen atoms in total. The fourth-order valence-electron chi connectivity index (χ4n) is 3.33. The van der Waals surface area contributed by atoms with Crippen molar-refractivity contribution in [2.75, 3.05) is 19.9 Å². The molecule has 2 N–H and O–H groups in total. The molecule has 1 fully saturated rings. The number of hydrogen-bond donors (Lipinski definition) is 1. The maximum absolute atomic E-state index is 14.6. The molecule has 0 radical (unpaired) electrons. The molecule has 1 saturated carbocycles. The van der Waals surface area contributed by atoms with E-state index >= 15 is 0 Å². The fourth-order valence-corrected chi connectivity index (χ4v) is 4.16. The first-order chi connectivity index (χ1) is 10.3. The summed E-state index contributed by atoms with van der Waals surface area (Å²) in [5.74, 6) is -2.47. The molecule has 0 aromatic heterocycles. The van der Waals surface area contributed by atoms with Crippen LogP contribution in [-0.4, -0.2) is 28.3 Å². The fraction of sp³-hybridized carbons (Fsp3) is 0.600. The van der Waals surface area contributed by atoms with Crippen molar-refractivity contribution in [3.63, 3.8) is 0 Å². The van der Waals surface area contributed by atoms with Gasteiger partial charge in [-0.15, -0.1) is 0 Å². The first-order valence-electron chi connectivity index (χ1n) is 7.23. The minimum Gasteiger partial charge on any atom is -0.493 e. The van der Waals surface area contributed by atoms with E-state index in [1.807, 2.05) is 0 Å². The van der Waals surface area contributed by atoms with Crippen molar-refractivity contribution in [2.45, 2.75) is 42.4 Å². The van der Waals surface area contributed by atoms with Crippen LogP contribution in [-0.2, 0) is 15.3 Å². The van der Waals surface area contributed by atoms with Crippen LogP contribution in [0.5, 0.6) is 5.75 Å². The van der Waals surface area contributed by atoms with Crippen LogP contribution in [0.1, 0.15) is 37.7 Å². The van der Waals surface area contributed by atoms with Crippen LogP contribution in [0.15, 0.2) is 11.0 Å². The van der Waals surface area contributed by atoms with E-state index in [9.17, 15) is 17.2 Å². The summed E-state index contributed by atoms with van der Waals surface area (Å²) in [4.78, 5) is -0.948. The lowest BCUT2D eigenvalue weighted by molar-refractivity contribution is 0.279. The van der Waals surface area contributed by atoms with E-state index in [0.717, 1.165) is 31.6 Å². The van der Waals surface area contributed by atoms with E-state index in [4.69, 9.17) is 10.5 Å². The van der Waals surface area contributed by atoms with Gasteiger partial charge in [-0.25, -0.2) is 17.2 Å². The second kappa shape index (κ2) is 6.12. The topological polar surface area (TPSA) is 69.4 Å². The zero-order valence-electron chi connectivity index (χ0n) is 12.8. The summed E-state index contributed by atoms with van der Waals surface area (Å²) in [7, 11) is -2.78. The van der Waals surface area contributed by atoms with Gasteiger partial charge in [-0.1, -0.05) is 19.3 Å². The highest BCUT2D eigenvalue weighted by atomic mass is 32.2. The van der Waals surface area contributed by atoms with Crippen molar-refractivity contribution in [1.29, 1.82) is 0 Å². The number of benzene rings is 1. The molecule has 1 aliphatic rings. The summed E-state index contributed by atoms with van der Waals surface area (Å²) in [6.07, 6.45) is 5.06. The van der Waals surface area contributed by atoms with Gasteiger partial charge >= 0.3 is 0 Å². The third kappa shape index (κ3) is 2.84. The van der Waals surface area contributed by atoms with Gasteiger partial charge in [-0.2, -0.15) is 0 Å². The molecule has 1 aromatic rings. The Bertz CT molecular complexity index is 668. The van der Waals surface area contributed by atoms with Crippen molar-refractivity contribution in [2.24, 2.45) is 5.73 Å². The second-order valence-electron chi connectivity index (χ2n) is 5.90. The van der Waals surface area contributed by atoms with Gasteiger partial charge < -0.3 is 10.5 Å². The van der Waals surface area contributed by atoms with Crippen LogP contribution in [0.25, 0.3) is 0 Å². The quantitative estimate of drug-likeness (QED) is 0.919. The molecule has 0 heterocycles. The molecular formula is C15H21F2NO3S. The van der Waals surface area contributed by atoms with Gasteiger partial charge in [0.25, 0.3) is 0 Å². The molecule has 0 spiro atoms. The maximum Gasteiger partial charge on any atom is 0.186 e. The van der Waals surface area contributed by atoms with E-state index in [2.05, 4.69) is 0 Å². The zero-order valence-corrected chi connectivity index (χ0v) is 13.6. The van der Waals surface area contributed by atoms with Crippen LogP contribution in [0, 0.1) is 11.6 Å². The Morgan fingerprint density at radius 1 is 1.27 bits per heavy atom. The van der Waals surface area contributed by atoms with Crippen molar-refractivity contribution < 1.29 is 21.9 Å². The monoisotopic (exact) mass is 333 g/mol. The lowest BCUT2D eigenvalue weighted by Crippen LogP contribution is -2.38. The molecule has 1 aromatic carbocycles. The minimum atomic E-state index is -4.03. The summed E-state index contributed by atoms with van der Waals surface area (Å²) < 4.78 is 57.2. The van der Waals surface area contributed by atoms with Crippen LogP contribution < -0.4 is 10.5 Å². The highest BCUT2D eigenvalue weighted by Gasteiger charge is 2.38. The molecular weight excluding hydrogens is 312 g/mol. The number of ether oxygens (including phenoxy) is 1. The number of rotatable bonds is 4. The van der Waals surface area contributed by atoms with Gasteiger partial charge in [0.05, 0.1) is 7.11 Å². The average molecular weight is 333 g/mol. The number of sulfone groups is 1. The molecule has 0 amide bonds. The van der Waals surface area contributed by atoms with E-state index < -0.39 is 31.8 Å². The Balaban J connectivity index is 2.72. The number of methoxy groups -OCH3 is 1. The summed E-state index contributed by atoms with van der Waals surface area (Å²) in [6.45, 7) is 0.237. The Morgan fingerprint density at radius 3 is 2.32 bits per heavy atom. The van der Waals surface area contributed by atoms with E-state index in [1.165, 1.54) is 7.11 Å².